The number of hydrogen-bond acceptors (Lipinski definition) is 4. The summed E-state index contributed by atoms with van der Waals surface area (Å²) < 4.78 is 0. The Bertz CT molecular complexity index is 689. The maximum absolute atomic E-state index is 12.1. The maximum atomic E-state index is 12.1. The van der Waals surface area contributed by atoms with E-state index in [1.807, 2.05) is 27.7 Å². The van der Waals surface area contributed by atoms with Crippen LogP contribution in [0.2, 0.25) is 0 Å². The second-order valence-electron chi connectivity index (χ2n) is 8.83. The minimum absolute atomic E-state index is 0.0419. The fourth-order valence-corrected chi connectivity index (χ4v) is 3.50. The van der Waals surface area contributed by atoms with Crippen LogP contribution in [0.3, 0.4) is 0 Å². The van der Waals surface area contributed by atoms with Gasteiger partial charge < -0.3 is 20.9 Å². The van der Waals surface area contributed by atoms with E-state index < -0.39 is 0 Å². The third kappa shape index (κ3) is 8.71. The predicted octanol–water partition coefficient (Wildman–Crippen LogP) is 1.79. The fraction of sp³-hybridized carbons (Fsp3) is 0.652. The highest BCUT2D eigenvalue weighted by atomic mass is 16.2. The molecular formula is C23H40N6O. The minimum Gasteiger partial charge on any atom is -0.357 e. The average molecular weight is 417 g/mol. The molecule has 1 fully saturated rings. The summed E-state index contributed by atoms with van der Waals surface area (Å²) >= 11 is 0. The topological polar surface area (TPSA) is 72.0 Å². The van der Waals surface area contributed by atoms with Crippen LogP contribution in [0.4, 0.5) is 0 Å². The number of aliphatic imine (C=N–C) groups is 1. The number of rotatable bonds is 8. The molecule has 30 heavy (non-hydrogen) atoms. The molecule has 1 aromatic carbocycles. The smallest absolute Gasteiger partial charge is 0.239 e. The van der Waals surface area contributed by atoms with Crippen molar-refractivity contribution in [1.82, 2.24) is 25.8 Å². The van der Waals surface area contributed by atoms with Gasteiger partial charge >= 0.3 is 0 Å². The summed E-state index contributed by atoms with van der Waals surface area (Å²) in [6.45, 7) is 18.3. The van der Waals surface area contributed by atoms with Gasteiger partial charge in [-0.1, -0.05) is 31.2 Å². The first-order valence-electron chi connectivity index (χ1n) is 11.2. The Balaban J connectivity index is 1.96. The number of guanidine groups is 1. The lowest BCUT2D eigenvalue weighted by Gasteiger charge is -2.34. The van der Waals surface area contributed by atoms with Crippen LogP contribution in [-0.2, 0) is 17.9 Å². The van der Waals surface area contributed by atoms with Gasteiger partial charge in [-0.15, -0.1) is 0 Å². The molecule has 168 valence electrons. The van der Waals surface area contributed by atoms with Gasteiger partial charge in [0.05, 0.1) is 13.1 Å². The highest BCUT2D eigenvalue weighted by molar-refractivity contribution is 5.86. The van der Waals surface area contributed by atoms with E-state index in [1.54, 1.807) is 0 Å². The lowest BCUT2D eigenvalue weighted by molar-refractivity contribution is -0.121. The van der Waals surface area contributed by atoms with Gasteiger partial charge in [0.25, 0.3) is 0 Å². The van der Waals surface area contributed by atoms with Gasteiger partial charge in [-0.25, -0.2) is 4.99 Å². The zero-order chi connectivity index (χ0) is 22.0. The van der Waals surface area contributed by atoms with E-state index in [2.05, 4.69) is 56.9 Å². The Hall–Kier alpha value is -2.12. The van der Waals surface area contributed by atoms with Crippen molar-refractivity contribution in [3.63, 3.8) is 0 Å². The summed E-state index contributed by atoms with van der Waals surface area (Å²) in [4.78, 5) is 21.8. The molecule has 1 aliphatic rings. The molecule has 1 aliphatic heterocycles. The first-order chi connectivity index (χ1) is 14.3. The van der Waals surface area contributed by atoms with Crippen molar-refractivity contribution in [1.29, 1.82) is 0 Å². The van der Waals surface area contributed by atoms with Crippen LogP contribution in [0.5, 0.6) is 0 Å². The van der Waals surface area contributed by atoms with Crippen molar-refractivity contribution >= 4 is 11.9 Å². The summed E-state index contributed by atoms with van der Waals surface area (Å²) in [5, 5.41) is 9.32. The molecule has 0 unspecified atom stereocenters. The van der Waals surface area contributed by atoms with Crippen LogP contribution in [0.25, 0.3) is 0 Å². The number of benzene rings is 1. The SMILES string of the molecule is CCNC(=NCc1ccccc1CN1CCN(CC)CC1)NCC(=O)NC(C)(C)C. The van der Waals surface area contributed by atoms with Crippen LogP contribution in [0.1, 0.15) is 45.7 Å². The Morgan fingerprint density at radius 2 is 1.63 bits per heavy atom. The molecule has 1 saturated heterocycles. The molecule has 0 radical (unpaired) electrons. The maximum Gasteiger partial charge on any atom is 0.239 e. The van der Waals surface area contributed by atoms with Gasteiger partial charge in [0.2, 0.25) is 5.91 Å². The molecule has 0 aromatic heterocycles. The van der Waals surface area contributed by atoms with Crippen LogP contribution < -0.4 is 16.0 Å². The molecule has 1 aromatic rings. The number of carbonyl (C=O) groups excluding carboxylic acids is 1. The lowest BCUT2D eigenvalue weighted by atomic mass is 10.1. The summed E-state index contributed by atoms with van der Waals surface area (Å²) in [7, 11) is 0. The molecule has 0 bridgehead atoms. The Kier molecular flexibility index (Phi) is 9.59. The zero-order valence-corrected chi connectivity index (χ0v) is 19.4. The Morgan fingerprint density at radius 1 is 1.00 bits per heavy atom. The third-order valence-electron chi connectivity index (χ3n) is 5.11. The molecule has 7 nitrogen and oxygen atoms in total. The number of nitrogens with zero attached hydrogens (tertiary/aromatic N) is 3. The number of piperazine rings is 1. The van der Waals surface area contributed by atoms with E-state index in [0.717, 1.165) is 45.8 Å². The molecule has 3 N–H and O–H groups in total. The van der Waals surface area contributed by atoms with E-state index in [4.69, 9.17) is 4.99 Å². The van der Waals surface area contributed by atoms with Gasteiger partial charge in [-0.2, -0.15) is 0 Å². The third-order valence-corrected chi connectivity index (χ3v) is 5.11. The quantitative estimate of drug-likeness (QED) is 0.445. The summed E-state index contributed by atoms with van der Waals surface area (Å²) in [6, 6.07) is 8.52. The molecule has 0 aliphatic carbocycles. The standard InChI is InChI=1S/C23H40N6O/c1-6-24-22(26-17-21(30)27-23(3,4)5)25-16-19-10-8-9-11-20(19)18-29-14-12-28(7-2)13-15-29/h8-11H,6-7,12-18H2,1-5H3,(H,27,30)(H2,24,25,26). The van der Waals surface area contributed by atoms with Crippen molar-refractivity contribution in [2.75, 3.05) is 45.8 Å². The van der Waals surface area contributed by atoms with E-state index in [0.29, 0.717) is 12.5 Å². The highest BCUT2D eigenvalue weighted by Crippen LogP contribution is 2.14. The fourth-order valence-electron chi connectivity index (χ4n) is 3.50. The largest absolute Gasteiger partial charge is 0.357 e. The lowest BCUT2D eigenvalue weighted by Crippen LogP contribution is -2.48. The van der Waals surface area contributed by atoms with Gasteiger partial charge in [-0.3, -0.25) is 9.69 Å². The zero-order valence-electron chi connectivity index (χ0n) is 19.4. The van der Waals surface area contributed by atoms with Gasteiger partial charge in [0.1, 0.15) is 0 Å². The number of amides is 1. The molecular weight excluding hydrogens is 376 g/mol. The number of hydrogen-bond donors (Lipinski definition) is 3. The second-order valence-corrected chi connectivity index (χ2v) is 8.83. The van der Waals surface area contributed by atoms with Crippen molar-refractivity contribution < 1.29 is 4.79 Å². The highest BCUT2D eigenvalue weighted by Gasteiger charge is 2.17. The number of likely N-dealkylation sites (N-methyl/N-ethyl adjacent to an activating group) is 1. The van der Waals surface area contributed by atoms with E-state index in [-0.39, 0.29) is 18.0 Å². The Morgan fingerprint density at radius 3 is 2.23 bits per heavy atom. The van der Waals surface area contributed by atoms with Crippen molar-refractivity contribution in [3.8, 4) is 0 Å². The predicted molar refractivity (Wildman–Crippen MR) is 125 cm³/mol. The van der Waals surface area contributed by atoms with Crippen LogP contribution >= 0.6 is 0 Å². The molecule has 7 heteroatoms. The summed E-state index contributed by atoms with van der Waals surface area (Å²) in [5.41, 5.74) is 2.31. The molecule has 0 spiro atoms. The minimum atomic E-state index is -0.240. The van der Waals surface area contributed by atoms with E-state index >= 15 is 0 Å². The van der Waals surface area contributed by atoms with E-state index in [9.17, 15) is 4.79 Å². The van der Waals surface area contributed by atoms with Crippen molar-refractivity contribution in [2.24, 2.45) is 4.99 Å². The van der Waals surface area contributed by atoms with Crippen LogP contribution in [-0.4, -0.2) is 73.0 Å². The number of carbonyl (C=O) groups is 1. The molecule has 1 heterocycles. The van der Waals surface area contributed by atoms with Crippen molar-refractivity contribution in [3.05, 3.63) is 35.4 Å². The van der Waals surface area contributed by atoms with Crippen molar-refractivity contribution in [2.45, 2.75) is 53.2 Å². The van der Waals surface area contributed by atoms with Gasteiger partial charge in [0, 0.05) is 44.8 Å². The summed E-state index contributed by atoms with van der Waals surface area (Å²) in [5.74, 6) is 0.618. The summed E-state index contributed by atoms with van der Waals surface area (Å²) in [6.07, 6.45) is 0. The van der Waals surface area contributed by atoms with E-state index in [1.165, 1.54) is 11.1 Å². The monoisotopic (exact) mass is 416 g/mol. The molecule has 1 amide bonds. The van der Waals surface area contributed by atoms with Gasteiger partial charge in [-0.05, 0) is 45.4 Å². The first-order valence-corrected chi connectivity index (χ1v) is 11.2. The average Bonchev–Trinajstić information content (AvgIpc) is 2.70. The van der Waals surface area contributed by atoms with Crippen LogP contribution in [0.15, 0.2) is 29.3 Å². The van der Waals surface area contributed by atoms with Crippen LogP contribution in [0, 0.1) is 0 Å². The van der Waals surface area contributed by atoms with Gasteiger partial charge in [0.15, 0.2) is 5.96 Å². The number of nitrogens with one attached hydrogen (secondary N) is 3. The first kappa shape index (κ1) is 24.2. The molecule has 2 rings (SSSR count). The normalized spacial score (nSPS) is 16.4. The Labute approximate surface area is 182 Å². The molecule has 0 saturated carbocycles. The second kappa shape index (κ2) is 11.9. The molecule has 0 atom stereocenters.